The second-order valence-electron chi connectivity index (χ2n) is 6.12. The van der Waals surface area contributed by atoms with Gasteiger partial charge in [-0.15, -0.1) is 0 Å². The maximum Gasteiger partial charge on any atom is 0.123 e. The smallest absolute Gasteiger partial charge is 0.123 e. The zero-order valence-corrected chi connectivity index (χ0v) is 15.0. The van der Waals surface area contributed by atoms with E-state index < -0.39 is 6.10 Å². The van der Waals surface area contributed by atoms with Crippen LogP contribution in [0.2, 0.25) is 0 Å². The monoisotopic (exact) mass is 354 g/mol. The number of hydrogen-bond acceptors (Lipinski definition) is 7. The molecular weight excluding hydrogens is 324 g/mol. The van der Waals surface area contributed by atoms with E-state index in [0.29, 0.717) is 26.4 Å². The normalized spacial score (nSPS) is 17.4. The Morgan fingerprint density at radius 1 is 1.08 bits per heavy atom. The number of methoxy groups -OCH3 is 1. The van der Waals surface area contributed by atoms with Crippen LogP contribution in [0.25, 0.3) is 0 Å². The summed E-state index contributed by atoms with van der Waals surface area (Å²) >= 11 is 0. The van der Waals surface area contributed by atoms with Crippen LogP contribution in [-0.2, 0) is 4.74 Å². The summed E-state index contributed by atoms with van der Waals surface area (Å²) < 4.78 is 16.2. The highest BCUT2D eigenvalue weighted by Gasteiger charge is 2.18. The number of piperazine rings is 1. The lowest BCUT2D eigenvalue weighted by atomic mass is 10.2. The Bertz CT molecular complexity index is 480. The highest BCUT2D eigenvalue weighted by Crippen LogP contribution is 2.18. The predicted molar refractivity (Wildman–Crippen MR) is 95.3 cm³/mol. The van der Waals surface area contributed by atoms with Crippen molar-refractivity contribution >= 4 is 0 Å². The second-order valence-corrected chi connectivity index (χ2v) is 6.12. The Balaban J connectivity index is 1.53. The highest BCUT2D eigenvalue weighted by molar-refractivity contribution is 5.32. The standard InChI is InChI=1S/C18H30N2O5/c1-23-17-3-2-4-18(13-17)25-12-11-24-15-16(22)14-20-7-5-19(6-8-20)9-10-21/h2-4,13,16,21-22H,5-12,14-15H2,1H3. The number of β-amino-alcohol motifs (C(OH)–C–C–N with tert-alkyl or cyclic N) is 2. The van der Waals surface area contributed by atoms with Gasteiger partial charge in [0.05, 0.1) is 33.0 Å². The summed E-state index contributed by atoms with van der Waals surface area (Å²) in [5.74, 6) is 1.50. The Hall–Kier alpha value is -1.38. The molecule has 1 unspecified atom stereocenters. The molecule has 1 atom stereocenters. The summed E-state index contributed by atoms with van der Waals surface area (Å²) in [4.78, 5) is 4.46. The molecule has 0 aliphatic carbocycles. The Morgan fingerprint density at radius 2 is 1.80 bits per heavy atom. The molecule has 0 aromatic heterocycles. The Labute approximate surface area is 149 Å². The summed E-state index contributed by atoms with van der Waals surface area (Å²) in [7, 11) is 1.62. The lowest BCUT2D eigenvalue weighted by Gasteiger charge is -2.35. The summed E-state index contributed by atoms with van der Waals surface area (Å²) in [6, 6.07) is 7.43. The third-order valence-electron chi connectivity index (χ3n) is 4.20. The molecule has 2 N–H and O–H groups in total. The van der Waals surface area contributed by atoms with Gasteiger partial charge >= 0.3 is 0 Å². The maximum atomic E-state index is 10.1. The fourth-order valence-corrected chi connectivity index (χ4v) is 2.82. The molecule has 25 heavy (non-hydrogen) atoms. The van der Waals surface area contributed by atoms with Crippen molar-refractivity contribution in [3.05, 3.63) is 24.3 Å². The maximum absolute atomic E-state index is 10.1. The van der Waals surface area contributed by atoms with E-state index >= 15 is 0 Å². The highest BCUT2D eigenvalue weighted by atomic mass is 16.5. The summed E-state index contributed by atoms with van der Waals surface area (Å²) in [5.41, 5.74) is 0. The second kappa shape index (κ2) is 11.3. The van der Waals surface area contributed by atoms with E-state index in [1.165, 1.54) is 0 Å². The van der Waals surface area contributed by atoms with Crippen molar-refractivity contribution in [3.63, 3.8) is 0 Å². The van der Waals surface area contributed by atoms with Crippen molar-refractivity contribution in [2.45, 2.75) is 6.10 Å². The minimum Gasteiger partial charge on any atom is -0.497 e. The third-order valence-corrected chi connectivity index (χ3v) is 4.20. The number of aliphatic hydroxyl groups excluding tert-OH is 2. The van der Waals surface area contributed by atoms with Gasteiger partial charge in [-0.05, 0) is 12.1 Å². The number of ether oxygens (including phenoxy) is 3. The lowest BCUT2D eigenvalue weighted by Crippen LogP contribution is -2.49. The lowest BCUT2D eigenvalue weighted by molar-refractivity contribution is -0.000772. The predicted octanol–water partition coefficient (Wildman–Crippen LogP) is 0.0614. The van der Waals surface area contributed by atoms with E-state index in [2.05, 4.69) is 9.80 Å². The third kappa shape index (κ3) is 7.58. The minimum atomic E-state index is -0.499. The van der Waals surface area contributed by atoms with Gasteiger partial charge in [0.25, 0.3) is 0 Å². The largest absolute Gasteiger partial charge is 0.497 e. The van der Waals surface area contributed by atoms with Crippen LogP contribution in [0.5, 0.6) is 11.5 Å². The van der Waals surface area contributed by atoms with E-state index in [1.54, 1.807) is 7.11 Å². The van der Waals surface area contributed by atoms with E-state index in [-0.39, 0.29) is 6.61 Å². The SMILES string of the molecule is COc1cccc(OCCOCC(O)CN2CCN(CCO)CC2)c1. The molecule has 1 aliphatic heterocycles. The number of rotatable bonds is 11. The van der Waals surface area contributed by atoms with Crippen LogP contribution in [0.3, 0.4) is 0 Å². The number of aliphatic hydroxyl groups is 2. The Kier molecular flexibility index (Phi) is 8.99. The van der Waals surface area contributed by atoms with Gasteiger partial charge < -0.3 is 24.4 Å². The van der Waals surface area contributed by atoms with Crippen LogP contribution in [0, 0.1) is 0 Å². The quantitative estimate of drug-likeness (QED) is 0.545. The van der Waals surface area contributed by atoms with E-state index in [1.807, 2.05) is 24.3 Å². The van der Waals surface area contributed by atoms with Gasteiger partial charge in [-0.1, -0.05) is 6.07 Å². The first-order valence-electron chi connectivity index (χ1n) is 8.79. The average molecular weight is 354 g/mol. The van der Waals surface area contributed by atoms with Crippen LogP contribution in [0.4, 0.5) is 0 Å². The molecule has 7 nitrogen and oxygen atoms in total. The molecule has 0 bridgehead atoms. The molecule has 0 spiro atoms. The fraction of sp³-hybridized carbons (Fsp3) is 0.667. The minimum absolute atomic E-state index is 0.203. The first kappa shape index (κ1) is 19.9. The van der Waals surface area contributed by atoms with Gasteiger partial charge in [0.1, 0.15) is 18.1 Å². The van der Waals surface area contributed by atoms with Crippen molar-refractivity contribution in [2.24, 2.45) is 0 Å². The summed E-state index contributed by atoms with van der Waals surface area (Å²) in [5, 5.41) is 19.0. The molecule has 1 aromatic rings. The number of hydrogen-bond donors (Lipinski definition) is 2. The molecule has 1 aromatic carbocycles. The zero-order chi connectivity index (χ0) is 17.9. The van der Waals surface area contributed by atoms with Crippen LogP contribution in [-0.4, -0.2) is 98.9 Å². The Morgan fingerprint density at radius 3 is 2.52 bits per heavy atom. The molecule has 1 saturated heterocycles. The molecule has 0 saturated carbocycles. The van der Waals surface area contributed by atoms with Crippen molar-refractivity contribution in [1.82, 2.24) is 9.80 Å². The summed E-state index contributed by atoms with van der Waals surface area (Å²) in [6.07, 6.45) is -0.499. The van der Waals surface area contributed by atoms with Crippen molar-refractivity contribution in [1.29, 1.82) is 0 Å². The van der Waals surface area contributed by atoms with Gasteiger partial charge in [-0.2, -0.15) is 0 Å². The van der Waals surface area contributed by atoms with E-state index in [9.17, 15) is 5.11 Å². The molecule has 2 rings (SSSR count). The zero-order valence-electron chi connectivity index (χ0n) is 15.0. The van der Waals surface area contributed by atoms with Gasteiger partial charge in [0.2, 0.25) is 0 Å². The first-order chi connectivity index (χ1) is 12.2. The number of nitrogens with zero attached hydrogens (tertiary/aromatic N) is 2. The van der Waals surface area contributed by atoms with Crippen molar-refractivity contribution in [3.8, 4) is 11.5 Å². The molecule has 142 valence electrons. The van der Waals surface area contributed by atoms with Gasteiger partial charge in [0.15, 0.2) is 0 Å². The molecule has 1 fully saturated rings. The topological polar surface area (TPSA) is 74.6 Å². The number of benzene rings is 1. The van der Waals surface area contributed by atoms with Crippen LogP contribution >= 0.6 is 0 Å². The van der Waals surface area contributed by atoms with E-state index in [0.717, 1.165) is 44.2 Å². The van der Waals surface area contributed by atoms with Crippen molar-refractivity contribution < 1.29 is 24.4 Å². The van der Waals surface area contributed by atoms with E-state index in [4.69, 9.17) is 19.3 Å². The van der Waals surface area contributed by atoms with Crippen LogP contribution in [0.15, 0.2) is 24.3 Å². The summed E-state index contributed by atoms with van der Waals surface area (Å²) in [6.45, 7) is 6.40. The first-order valence-corrected chi connectivity index (χ1v) is 8.79. The average Bonchev–Trinajstić information content (AvgIpc) is 2.63. The van der Waals surface area contributed by atoms with Crippen LogP contribution < -0.4 is 9.47 Å². The van der Waals surface area contributed by atoms with Gasteiger partial charge in [0, 0.05) is 45.3 Å². The van der Waals surface area contributed by atoms with Gasteiger partial charge in [-0.3, -0.25) is 9.80 Å². The molecule has 7 heteroatoms. The molecule has 0 radical (unpaired) electrons. The molecular formula is C18H30N2O5. The van der Waals surface area contributed by atoms with Crippen molar-refractivity contribution in [2.75, 3.05) is 72.8 Å². The molecule has 1 heterocycles. The van der Waals surface area contributed by atoms with Gasteiger partial charge in [-0.25, -0.2) is 0 Å². The molecule has 1 aliphatic rings. The van der Waals surface area contributed by atoms with Crippen LogP contribution in [0.1, 0.15) is 0 Å². The molecule has 0 amide bonds. The fourth-order valence-electron chi connectivity index (χ4n) is 2.82.